The summed E-state index contributed by atoms with van der Waals surface area (Å²) in [5.74, 6) is -1.29. The third-order valence-corrected chi connectivity index (χ3v) is 7.32. The second-order valence-electron chi connectivity index (χ2n) is 10.1. The molecule has 2 aromatic heterocycles. The van der Waals surface area contributed by atoms with Crippen LogP contribution in [0.15, 0.2) is 29.2 Å². The number of aromatic nitrogens is 3. The number of hydrogen-bond acceptors (Lipinski definition) is 8. The van der Waals surface area contributed by atoms with Crippen molar-refractivity contribution in [1.82, 2.24) is 29.1 Å². The number of phenolic OH excluding ortho intramolecular Hbond substituents is 1. The summed E-state index contributed by atoms with van der Waals surface area (Å²) in [7, 11) is 0. The number of likely N-dealkylation sites (tertiary alicyclic amines) is 1. The highest BCUT2D eigenvalue weighted by Crippen LogP contribution is 2.19. The van der Waals surface area contributed by atoms with E-state index in [1.54, 1.807) is 29.8 Å². The third-order valence-electron chi connectivity index (χ3n) is 7.32. The minimum atomic E-state index is -0.766. The fourth-order valence-corrected chi connectivity index (χ4v) is 5.11. The molecule has 0 aliphatic carbocycles. The molecule has 0 spiro atoms. The Balaban J connectivity index is 1.47. The number of amides is 2. The first-order valence-electron chi connectivity index (χ1n) is 13.3. The summed E-state index contributed by atoms with van der Waals surface area (Å²) in [6, 6.07) is 4.94. The molecule has 0 saturated carbocycles. The smallest absolute Gasteiger partial charge is 0.302 e. The number of carbonyl (C=O) groups excluding carboxylic acids is 2. The Morgan fingerprint density at radius 1 is 1.08 bits per heavy atom. The fourth-order valence-electron chi connectivity index (χ4n) is 5.11. The third kappa shape index (κ3) is 5.76. The van der Waals surface area contributed by atoms with Gasteiger partial charge < -0.3 is 29.7 Å². The van der Waals surface area contributed by atoms with Gasteiger partial charge in [0.2, 0.25) is 17.4 Å². The number of carbonyl (C=O) groups is 2. The van der Waals surface area contributed by atoms with Crippen LogP contribution in [0.4, 0.5) is 0 Å². The van der Waals surface area contributed by atoms with Crippen LogP contribution in [0.1, 0.15) is 46.6 Å². The van der Waals surface area contributed by atoms with E-state index in [0.717, 1.165) is 24.8 Å². The van der Waals surface area contributed by atoms with Crippen LogP contribution in [-0.4, -0.2) is 85.2 Å². The summed E-state index contributed by atoms with van der Waals surface area (Å²) in [6.07, 6.45) is 4.72. The van der Waals surface area contributed by atoms with Crippen molar-refractivity contribution in [2.45, 2.75) is 45.8 Å². The lowest BCUT2D eigenvalue weighted by molar-refractivity contribution is -0.132. The van der Waals surface area contributed by atoms with Crippen LogP contribution in [0.25, 0.3) is 5.78 Å². The number of phenols is 1. The highest BCUT2D eigenvalue weighted by atomic mass is 16.5. The number of aromatic hydroxyl groups is 2. The zero-order chi connectivity index (χ0) is 27.5. The highest BCUT2D eigenvalue weighted by molar-refractivity contribution is 5.95. The molecule has 12 heteroatoms. The number of benzene rings is 1. The first kappa shape index (κ1) is 26.7. The zero-order valence-corrected chi connectivity index (χ0v) is 22.1. The molecule has 208 valence electrons. The number of morpholine rings is 1. The molecule has 0 bridgehead atoms. The minimum Gasteiger partial charge on any atom is -0.508 e. The van der Waals surface area contributed by atoms with Gasteiger partial charge >= 0.3 is 5.56 Å². The molecule has 3 N–H and O–H groups in total. The fraction of sp³-hybridized carbons (Fsp3) is 0.481. The van der Waals surface area contributed by atoms with Crippen LogP contribution in [-0.2, 0) is 29.2 Å². The van der Waals surface area contributed by atoms with Gasteiger partial charge in [0, 0.05) is 45.5 Å². The van der Waals surface area contributed by atoms with Gasteiger partial charge in [-0.05, 0) is 43.4 Å². The molecule has 2 aliphatic rings. The van der Waals surface area contributed by atoms with Crippen molar-refractivity contribution in [2.75, 3.05) is 39.4 Å². The number of piperidine rings is 1. The van der Waals surface area contributed by atoms with E-state index < -0.39 is 22.9 Å². The molecular formula is C27H34N6O6. The summed E-state index contributed by atoms with van der Waals surface area (Å²) in [5.41, 5.74) is 0.791. The van der Waals surface area contributed by atoms with Gasteiger partial charge in [0.15, 0.2) is 5.69 Å². The molecule has 4 heterocycles. The van der Waals surface area contributed by atoms with Crippen molar-refractivity contribution >= 4 is 17.6 Å². The van der Waals surface area contributed by atoms with Gasteiger partial charge in [-0.1, -0.05) is 12.1 Å². The SMILES string of the molecule is Cc1cc(CNC(=O)c2nc3n(CC(=O)N4CCCCC4)cc(CN4CCOCC4)n3c(=O)c2O)ccc1O. The molecule has 1 aromatic carbocycles. The van der Waals surface area contributed by atoms with E-state index in [2.05, 4.69) is 15.2 Å². The summed E-state index contributed by atoms with van der Waals surface area (Å²) in [6.45, 7) is 6.14. The van der Waals surface area contributed by atoms with Crippen LogP contribution in [0, 0.1) is 6.92 Å². The van der Waals surface area contributed by atoms with Gasteiger partial charge in [-0.15, -0.1) is 0 Å². The first-order valence-corrected chi connectivity index (χ1v) is 13.3. The Morgan fingerprint density at radius 2 is 1.82 bits per heavy atom. The average molecular weight is 539 g/mol. The summed E-state index contributed by atoms with van der Waals surface area (Å²) in [5, 5.41) is 23.2. The van der Waals surface area contributed by atoms with E-state index in [9.17, 15) is 24.6 Å². The normalized spacial score (nSPS) is 16.5. The lowest BCUT2D eigenvalue weighted by Crippen LogP contribution is -2.37. The molecule has 0 atom stereocenters. The number of nitrogens with zero attached hydrogens (tertiary/aromatic N) is 5. The van der Waals surface area contributed by atoms with Crippen molar-refractivity contribution in [2.24, 2.45) is 0 Å². The number of imidazole rings is 1. The van der Waals surface area contributed by atoms with Gasteiger partial charge in [-0.25, -0.2) is 9.38 Å². The van der Waals surface area contributed by atoms with Crippen LogP contribution < -0.4 is 10.9 Å². The van der Waals surface area contributed by atoms with E-state index >= 15 is 0 Å². The molecule has 12 nitrogen and oxygen atoms in total. The molecular weight excluding hydrogens is 504 g/mol. The number of aryl methyl sites for hydroxylation is 1. The number of ether oxygens (including phenoxy) is 1. The maximum absolute atomic E-state index is 13.4. The maximum Gasteiger partial charge on any atom is 0.302 e. The number of fused-ring (bicyclic) bond motifs is 1. The molecule has 2 amide bonds. The second kappa shape index (κ2) is 11.5. The quantitative estimate of drug-likeness (QED) is 0.404. The minimum absolute atomic E-state index is 0.0301. The zero-order valence-electron chi connectivity index (χ0n) is 22.1. The topological polar surface area (TPSA) is 142 Å². The Bertz CT molecular complexity index is 1430. The molecule has 0 unspecified atom stereocenters. The molecule has 2 saturated heterocycles. The van der Waals surface area contributed by atoms with E-state index in [4.69, 9.17) is 4.74 Å². The standard InChI is InChI=1S/C27H34N6O6/c1-18-13-19(5-6-21(18)34)14-28-25(37)23-24(36)26(38)33-20(15-30-9-11-39-12-10-30)16-32(27(33)29-23)17-22(35)31-7-3-2-4-8-31/h5-6,13,16,34,36H,2-4,7-12,14-15,17H2,1H3,(H,28,37). The van der Waals surface area contributed by atoms with Gasteiger partial charge in [-0.3, -0.25) is 19.3 Å². The van der Waals surface area contributed by atoms with Gasteiger partial charge in [-0.2, -0.15) is 0 Å². The van der Waals surface area contributed by atoms with Crippen molar-refractivity contribution in [1.29, 1.82) is 0 Å². The van der Waals surface area contributed by atoms with E-state index in [1.807, 2.05) is 4.90 Å². The maximum atomic E-state index is 13.4. The molecule has 5 rings (SSSR count). The van der Waals surface area contributed by atoms with Crippen LogP contribution in [0.5, 0.6) is 11.5 Å². The van der Waals surface area contributed by atoms with Crippen LogP contribution >= 0.6 is 0 Å². The Kier molecular flexibility index (Phi) is 7.84. The monoisotopic (exact) mass is 538 g/mol. The van der Waals surface area contributed by atoms with Gasteiger partial charge in [0.25, 0.3) is 5.91 Å². The number of nitrogens with one attached hydrogen (secondary N) is 1. The lowest BCUT2D eigenvalue weighted by Gasteiger charge is -2.26. The van der Waals surface area contributed by atoms with Crippen molar-refractivity contribution in [3.05, 3.63) is 57.3 Å². The molecule has 39 heavy (non-hydrogen) atoms. The Morgan fingerprint density at radius 3 is 2.54 bits per heavy atom. The van der Waals surface area contributed by atoms with E-state index in [-0.39, 0.29) is 30.5 Å². The lowest BCUT2D eigenvalue weighted by atomic mass is 10.1. The molecule has 2 fully saturated rings. The summed E-state index contributed by atoms with van der Waals surface area (Å²) in [4.78, 5) is 47.9. The average Bonchev–Trinajstić information content (AvgIpc) is 3.28. The second-order valence-corrected chi connectivity index (χ2v) is 10.1. The predicted molar refractivity (Wildman–Crippen MR) is 142 cm³/mol. The van der Waals surface area contributed by atoms with E-state index in [0.29, 0.717) is 57.2 Å². The van der Waals surface area contributed by atoms with Gasteiger partial charge in [0.1, 0.15) is 12.3 Å². The largest absolute Gasteiger partial charge is 0.508 e. The van der Waals surface area contributed by atoms with Crippen molar-refractivity contribution in [3.8, 4) is 11.5 Å². The molecule has 2 aliphatic heterocycles. The number of hydrogen-bond donors (Lipinski definition) is 3. The summed E-state index contributed by atoms with van der Waals surface area (Å²) < 4.78 is 8.30. The summed E-state index contributed by atoms with van der Waals surface area (Å²) >= 11 is 0. The first-order chi connectivity index (χ1) is 18.8. The van der Waals surface area contributed by atoms with Gasteiger partial charge in [0.05, 0.1) is 18.9 Å². The molecule has 0 radical (unpaired) electrons. The van der Waals surface area contributed by atoms with Crippen LogP contribution in [0.2, 0.25) is 0 Å². The predicted octanol–water partition coefficient (Wildman–Crippen LogP) is 0.990. The van der Waals surface area contributed by atoms with Crippen molar-refractivity contribution < 1.29 is 24.5 Å². The molecule has 3 aromatic rings. The van der Waals surface area contributed by atoms with Crippen LogP contribution in [0.3, 0.4) is 0 Å². The Hall–Kier alpha value is -3.90. The van der Waals surface area contributed by atoms with Crippen molar-refractivity contribution in [3.63, 3.8) is 0 Å². The number of rotatable bonds is 7. The Labute approximate surface area is 225 Å². The highest BCUT2D eigenvalue weighted by Gasteiger charge is 2.25. The van der Waals surface area contributed by atoms with E-state index in [1.165, 1.54) is 10.5 Å².